The van der Waals surface area contributed by atoms with Gasteiger partial charge in [-0.15, -0.1) is 0 Å². The van der Waals surface area contributed by atoms with Crippen LogP contribution in [0.3, 0.4) is 0 Å². The van der Waals surface area contributed by atoms with Crippen molar-refractivity contribution >= 4 is 34.5 Å². The van der Waals surface area contributed by atoms with Gasteiger partial charge in [0.25, 0.3) is 0 Å². The molecule has 144 valence electrons. The molecule has 0 aliphatic carbocycles. The largest absolute Gasteiger partial charge is 0.465 e. The second kappa shape index (κ2) is 6.99. The average Bonchev–Trinajstić information content (AvgIpc) is 3.05. The van der Waals surface area contributed by atoms with Gasteiger partial charge < -0.3 is 14.2 Å². The van der Waals surface area contributed by atoms with Gasteiger partial charge in [0.15, 0.2) is 5.92 Å². The molecule has 3 aromatic rings. The summed E-state index contributed by atoms with van der Waals surface area (Å²) in [7, 11) is 3.93. The first kappa shape index (κ1) is 18.0. The Labute approximate surface area is 162 Å². The number of fused-ring (bicyclic) bond motifs is 3. The lowest BCUT2D eigenvalue weighted by atomic mass is 9.90. The summed E-state index contributed by atoms with van der Waals surface area (Å²) in [6, 6.07) is 14.9. The maximum absolute atomic E-state index is 12.8. The van der Waals surface area contributed by atoms with Gasteiger partial charge in [0.05, 0.1) is 23.7 Å². The molecule has 1 aromatic heterocycles. The van der Waals surface area contributed by atoms with Crippen molar-refractivity contribution in [2.75, 3.05) is 30.9 Å². The fraction of sp³-hybridized carbons (Fsp3) is 0.286. The van der Waals surface area contributed by atoms with Crippen molar-refractivity contribution in [3.63, 3.8) is 0 Å². The monoisotopic (exact) mass is 378 g/mol. The summed E-state index contributed by atoms with van der Waals surface area (Å²) in [4.78, 5) is 32.1. The van der Waals surface area contributed by atoms with Crippen molar-refractivity contribution in [1.29, 1.82) is 0 Å². The number of nitrogens with one attached hydrogen (secondary N) is 1. The van der Waals surface area contributed by atoms with Crippen molar-refractivity contribution in [3.8, 4) is 0 Å². The molecule has 28 heavy (non-hydrogen) atoms. The van der Waals surface area contributed by atoms with E-state index in [2.05, 4.69) is 10.3 Å². The molecular weight excluding hydrogens is 356 g/mol. The summed E-state index contributed by atoms with van der Waals surface area (Å²) in [5, 5.41) is 2.77. The molecule has 4 rings (SSSR count). The van der Waals surface area contributed by atoms with Gasteiger partial charge in [-0.3, -0.25) is 14.9 Å². The first-order chi connectivity index (χ1) is 13.5. The van der Waals surface area contributed by atoms with E-state index in [0.717, 1.165) is 22.3 Å². The topological polar surface area (TPSA) is 76.5 Å². The first-order valence-corrected chi connectivity index (χ1v) is 9.23. The van der Waals surface area contributed by atoms with Gasteiger partial charge in [-0.05, 0) is 36.8 Å². The molecule has 0 saturated heterocycles. The highest BCUT2D eigenvalue weighted by Crippen LogP contribution is 2.39. The van der Waals surface area contributed by atoms with Crippen LogP contribution in [-0.4, -0.2) is 42.1 Å². The molecule has 1 aliphatic heterocycles. The van der Waals surface area contributed by atoms with Crippen LogP contribution < -0.4 is 10.2 Å². The Kier molecular flexibility index (Phi) is 4.50. The maximum atomic E-state index is 12.8. The lowest BCUT2D eigenvalue weighted by molar-refractivity contribution is -0.152. The number of rotatable bonds is 4. The molecule has 0 radical (unpaired) electrons. The van der Waals surface area contributed by atoms with E-state index < -0.39 is 23.8 Å². The highest BCUT2D eigenvalue weighted by Gasteiger charge is 2.44. The molecule has 2 unspecified atom stereocenters. The van der Waals surface area contributed by atoms with Crippen molar-refractivity contribution in [1.82, 2.24) is 9.55 Å². The number of hydrogen-bond donors (Lipinski definition) is 1. The Hall–Kier alpha value is -3.35. The number of nitrogens with zero attached hydrogens (tertiary/aromatic N) is 3. The first-order valence-electron chi connectivity index (χ1n) is 9.23. The van der Waals surface area contributed by atoms with Gasteiger partial charge in [-0.1, -0.05) is 24.3 Å². The zero-order valence-electron chi connectivity index (χ0n) is 16.0. The summed E-state index contributed by atoms with van der Waals surface area (Å²) in [6.07, 6.45) is 0. The molecular formula is C21H22N4O3. The molecule has 0 spiro atoms. The number of anilines is 2. The lowest BCUT2D eigenvalue weighted by Gasteiger charge is -2.32. The van der Waals surface area contributed by atoms with E-state index in [1.54, 1.807) is 6.92 Å². The Morgan fingerprint density at radius 3 is 2.57 bits per heavy atom. The van der Waals surface area contributed by atoms with Crippen LogP contribution in [0.25, 0.3) is 11.0 Å². The van der Waals surface area contributed by atoms with E-state index in [9.17, 15) is 9.59 Å². The number of imidazole rings is 1. The number of benzene rings is 2. The quantitative estimate of drug-likeness (QED) is 0.558. The molecule has 7 heteroatoms. The lowest BCUT2D eigenvalue weighted by Crippen LogP contribution is -2.43. The summed E-state index contributed by atoms with van der Waals surface area (Å²) in [6.45, 7) is 1.95. The van der Waals surface area contributed by atoms with Gasteiger partial charge in [-0.25, -0.2) is 4.98 Å². The number of carbonyl (C=O) groups excluding carboxylic acids is 2. The Morgan fingerprint density at radius 2 is 1.89 bits per heavy atom. The number of para-hydroxylation sites is 2. The smallest absolute Gasteiger partial charge is 0.321 e. The van der Waals surface area contributed by atoms with Crippen molar-refractivity contribution < 1.29 is 14.3 Å². The number of carbonyl (C=O) groups is 2. The summed E-state index contributed by atoms with van der Waals surface area (Å²) >= 11 is 0. The summed E-state index contributed by atoms with van der Waals surface area (Å²) < 4.78 is 7.15. The standard InChI is InChI=1S/C21H22N4O3/c1-4-28-20(27)17-18(13-9-11-14(12-10-13)24(2)3)25-16-8-6-5-7-15(16)22-21(25)23-19(17)26/h5-12,17-18H,4H2,1-3H3,(H,22,23,26). The average molecular weight is 378 g/mol. The third-order valence-electron chi connectivity index (χ3n) is 5.00. The fourth-order valence-electron chi connectivity index (χ4n) is 3.67. The van der Waals surface area contributed by atoms with E-state index in [4.69, 9.17) is 4.74 Å². The highest BCUT2D eigenvalue weighted by molar-refractivity contribution is 6.07. The Bertz CT molecular complexity index is 1040. The summed E-state index contributed by atoms with van der Waals surface area (Å²) in [5.74, 6) is -1.49. The number of aromatic nitrogens is 2. The molecule has 2 heterocycles. The van der Waals surface area contributed by atoms with E-state index >= 15 is 0 Å². The highest BCUT2D eigenvalue weighted by atomic mass is 16.5. The van der Waals surface area contributed by atoms with Crippen LogP contribution in [0, 0.1) is 5.92 Å². The Morgan fingerprint density at radius 1 is 1.18 bits per heavy atom. The molecule has 0 bridgehead atoms. The third kappa shape index (κ3) is 2.89. The van der Waals surface area contributed by atoms with Gasteiger partial charge >= 0.3 is 5.97 Å². The zero-order chi connectivity index (χ0) is 19.8. The minimum Gasteiger partial charge on any atom is -0.465 e. The van der Waals surface area contributed by atoms with E-state index in [0.29, 0.717) is 5.95 Å². The van der Waals surface area contributed by atoms with E-state index in [1.165, 1.54) is 0 Å². The van der Waals surface area contributed by atoms with Crippen LogP contribution in [0.1, 0.15) is 18.5 Å². The molecule has 0 saturated carbocycles. The molecule has 2 atom stereocenters. The normalized spacial score (nSPS) is 18.5. The number of amides is 1. The van der Waals surface area contributed by atoms with E-state index in [-0.39, 0.29) is 6.61 Å². The van der Waals surface area contributed by atoms with Gasteiger partial charge in [0.1, 0.15) is 0 Å². The zero-order valence-corrected chi connectivity index (χ0v) is 16.0. The second-order valence-electron chi connectivity index (χ2n) is 6.94. The third-order valence-corrected chi connectivity index (χ3v) is 5.00. The number of ether oxygens (including phenoxy) is 1. The van der Waals surface area contributed by atoms with Crippen LogP contribution >= 0.6 is 0 Å². The van der Waals surface area contributed by atoms with E-state index in [1.807, 2.05) is 72.1 Å². The second-order valence-corrected chi connectivity index (χ2v) is 6.94. The molecule has 0 fully saturated rings. The SMILES string of the molecule is CCOC(=O)C1C(=O)Nc2nc3ccccc3n2C1c1ccc(N(C)C)cc1. The van der Waals surface area contributed by atoms with Crippen molar-refractivity contribution in [2.45, 2.75) is 13.0 Å². The van der Waals surface area contributed by atoms with Crippen LogP contribution in [0.4, 0.5) is 11.6 Å². The predicted octanol–water partition coefficient (Wildman–Crippen LogP) is 2.82. The number of esters is 1. The van der Waals surface area contributed by atoms with Crippen LogP contribution in [0.15, 0.2) is 48.5 Å². The van der Waals surface area contributed by atoms with Gasteiger partial charge in [0.2, 0.25) is 11.9 Å². The van der Waals surface area contributed by atoms with Crippen molar-refractivity contribution in [2.24, 2.45) is 5.92 Å². The molecule has 1 N–H and O–H groups in total. The van der Waals surface area contributed by atoms with Crippen LogP contribution in [-0.2, 0) is 14.3 Å². The molecule has 1 aliphatic rings. The van der Waals surface area contributed by atoms with Crippen LogP contribution in [0.2, 0.25) is 0 Å². The molecule has 2 aromatic carbocycles. The summed E-state index contributed by atoms with van der Waals surface area (Å²) in [5.41, 5.74) is 3.50. The minimum absolute atomic E-state index is 0.215. The van der Waals surface area contributed by atoms with Crippen molar-refractivity contribution in [3.05, 3.63) is 54.1 Å². The predicted molar refractivity (Wildman–Crippen MR) is 107 cm³/mol. The fourth-order valence-corrected chi connectivity index (χ4v) is 3.67. The maximum Gasteiger partial charge on any atom is 0.321 e. The van der Waals surface area contributed by atoms with Gasteiger partial charge in [-0.2, -0.15) is 0 Å². The number of hydrogen-bond acceptors (Lipinski definition) is 5. The van der Waals surface area contributed by atoms with Crippen LogP contribution in [0.5, 0.6) is 0 Å². The minimum atomic E-state index is -0.990. The molecule has 7 nitrogen and oxygen atoms in total. The Balaban J connectivity index is 1.91. The van der Waals surface area contributed by atoms with Gasteiger partial charge in [0, 0.05) is 19.8 Å². The molecule has 1 amide bonds.